The molecule has 0 aromatic heterocycles. The lowest BCUT2D eigenvalue weighted by molar-refractivity contribution is -0.105. The van der Waals surface area contributed by atoms with Crippen LogP contribution in [-0.4, -0.2) is 37.0 Å². The molecule has 22 heavy (non-hydrogen) atoms. The highest BCUT2D eigenvalue weighted by atomic mass is 16.5. The van der Waals surface area contributed by atoms with Crippen LogP contribution in [0.15, 0.2) is 0 Å². The maximum atomic E-state index is 11.6. The lowest BCUT2D eigenvalue weighted by Crippen LogP contribution is -2.47. The highest BCUT2D eigenvalue weighted by molar-refractivity contribution is 5.68. The van der Waals surface area contributed by atoms with Crippen LogP contribution in [0.4, 0.5) is 4.79 Å². The zero-order chi connectivity index (χ0) is 17.4. The summed E-state index contributed by atoms with van der Waals surface area (Å²) in [6.07, 6.45) is 2.55. The first kappa shape index (κ1) is 21.2. The number of hydrogen-bond donors (Lipinski definition) is 2. The van der Waals surface area contributed by atoms with Crippen molar-refractivity contribution < 1.29 is 14.3 Å². The Labute approximate surface area is 136 Å². The highest BCUT2D eigenvalue weighted by Crippen LogP contribution is 2.38. The van der Waals surface area contributed by atoms with Crippen molar-refractivity contribution in [3.8, 4) is 0 Å². The van der Waals surface area contributed by atoms with Gasteiger partial charge in [0.1, 0.15) is 6.61 Å². The Hall–Kier alpha value is -0.810. The second-order valence-corrected chi connectivity index (χ2v) is 7.68. The van der Waals surface area contributed by atoms with E-state index in [9.17, 15) is 4.79 Å². The Kier molecular flexibility index (Phi) is 8.40. The first-order valence-corrected chi connectivity index (χ1v) is 8.26. The van der Waals surface area contributed by atoms with Gasteiger partial charge in [0.25, 0.3) is 0 Å². The van der Waals surface area contributed by atoms with Gasteiger partial charge < -0.3 is 20.5 Å². The van der Waals surface area contributed by atoms with Gasteiger partial charge in [-0.3, -0.25) is 0 Å². The van der Waals surface area contributed by atoms with E-state index in [0.717, 1.165) is 19.3 Å². The van der Waals surface area contributed by atoms with Crippen LogP contribution in [-0.2, 0) is 9.47 Å². The van der Waals surface area contributed by atoms with Crippen LogP contribution < -0.4 is 11.1 Å². The second kappa shape index (κ2) is 8.73. The molecule has 0 rings (SSSR count). The van der Waals surface area contributed by atoms with Gasteiger partial charge in [-0.2, -0.15) is 0 Å². The zero-order valence-corrected chi connectivity index (χ0v) is 15.5. The van der Waals surface area contributed by atoms with Gasteiger partial charge in [-0.15, -0.1) is 0 Å². The highest BCUT2D eigenvalue weighted by Gasteiger charge is 2.37. The molecule has 0 radical (unpaired) electrons. The van der Waals surface area contributed by atoms with Gasteiger partial charge in [-0.25, -0.2) is 4.79 Å². The first-order chi connectivity index (χ1) is 9.97. The molecule has 5 heteroatoms. The normalized spacial score (nSPS) is 13.1. The fourth-order valence-electron chi connectivity index (χ4n) is 2.21. The van der Waals surface area contributed by atoms with E-state index >= 15 is 0 Å². The quantitative estimate of drug-likeness (QED) is 0.647. The van der Waals surface area contributed by atoms with Crippen molar-refractivity contribution in [2.45, 2.75) is 78.9 Å². The van der Waals surface area contributed by atoms with Crippen molar-refractivity contribution in [1.82, 2.24) is 5.32 Å². The van der Waals surface area contributed by atoms with E-state index in [4.69, 9.17) is 15.2 Å². The third-order valence-electron chi connectivity index (χ3n) is 4.49. The largest absolute Gasteiger partial charge is 0.448 e. The maximum absolute atomic E-state index is 11.6. The molecule has 0 aliphatic carbocycles. The van der Waals surface area contributed by atoms with Crippen molar-refractivity contribution in [1.29, 1.82) is 0 Å². The molecule has 1 amide bonds. The van der Waals surface area contributed by atoms with E-state index in [0.29, 0.717) is 13.2 Å². The Morgan fingerprint density at radius 3 is 2.14 bits per heavy atom. The standard InChI is InChI=1S/C17H36N2O3/c1-8-9-15(2,3)17(6,7)22-12-10-16(4,5)19-14(20)21-13-11-18/h8-13,18H2,1-7H3,(H,19,20). The number of rotatable bonds is 10. The summed E-state index contributed by atoms with van der Waals surface area (Å²) in [4.78, 5) is 11.6. The number of nitrogens with two attached hydrogens (primary N) is 1. The van der Waals surface area contributed by atoms with Gasteiger partial charge in [0.05, 0.1) is 5.60 Å². The SMILES string of the molecule is CCCC(C)(C)C(C)(C)OCCC(C)(C)NC(=O)OCCN. The average Bonchev–Trinajstić information content (AvgIpc) is 2.34. The molecule has 0 saturated carbocycles. The van der Waals surface area contributed by atoms with E-state index in [2.05, 4.69) is 39.9 Å². The molecule has 0 fully saturated rings. The molecule has 132 valence electrons. The average molecular weight is 316 g/mol. The molecule has 0 aromatic carbocycles. The molecular formula is C17H36N2O3. The minimum absolute atomic E-state index is 0.110. The van der Waals surface area contributed by atoms with Gasteiger partial charge in [0.15, 0.2) is 0 Å². The van der Waals surface area contributed by atoms with E-state index < -0.39 is 6.09 Å². The van der Waals surface area contributed by atoms with Crippen molar-refractivity contribution >= 4 is 6.09 Å². The number of carbonyl (C=O) groups excluding carboxylic acids is 1. The summed E-state index contributed by atoms with van der Waals surface area (Å²) in [6.45, 7) is 16.0. The number of hydrogen-bond acceptors (Lipinski definition) is 4. The summed E-state index contributed by atoms with van der Waals surface area (Å²) in [7, 11) is 0. The van der Waals surface area contributed by atoms with Gasteiger partial charge >= 0.3 is 6.09 Å². The summed E-state index contributed by atoms with van der Waals surface area (Å²) in [5.41, 5.74) is 4.83. The van der Waals surface area contributed by atoms with Crippen LogP contribution >= 0.6 is 0 Å². The lowest BCUT2D eigenvalue weighted by Gasteiger charge is -2.42. The van der Waals surface area contributed by atoms with E-state index in [1.54, 1.807) is 0 Å². The Balaban J connectivity index is 4.34. The molecule has 0 aliphatic rings. The number of nitrogens with one attached hydrogen (secondary N) is 1. The molecule has 0 unspecified atom stereocenters. The van der Waals surface area contributed by atoms with Crippen molar-refractivity contribution in [3.05, 3.63) is 0 Å². The molecule has 0 bridgehead atoms. The smallest absolute Gasteiger partial charge is 0.407 e. The molecule has 0 aliphatic heterocycles. The van der Waals surface area contributed by atoms with Gasteiger partial charge in [-0.1, -0.05) is 27.2 Å². The zero-order valence-electron chi connectivity index (χ0n) is 15.5. The van der Waals surface area contributed by atoms with Crippen LogP contribution in [0.1, 0.15) is 67.7 Å². The molecule has 0 aromatic rings. The predicted molar refractivity (Wildman–Crippen MR) is 91.0 cm³/mol. The number of amides is 1. The lowest BCUT2D eigenvalue weighted by atomic mass is 9.74. The minimum Gasteiger partial charge on any atom is -0.448 e. The van der Waals surface area contributed by atoms with Crippen LogP contribution in [0.25, 0.3) is 0 Å². The molecule has 3 N–H and O–H groups in total. The van der Waals surface area contributed by atoms with Crippen LogP contribution in [0.3, 0.4) is 0 Å². The molecule has 0 spiro atoms. The van der Waals surface area contributed by atoms with Crippen molar-refractivity contribution in [3.63, 3.8) is 0 Å². The van der Waals surface area contributed by atoms with Crippen LogP contribution in [0.2, 0.25) is 0 Å². The van der Waals surface area contributed by atoms with E-state index in [1.807, 2.05) is 13.8 Å². The third-order valence-corrected chi connectivity index (χ3v) is 4.49. The number of alkyl carbamates (subject to hydrolysis) is 1. The Bertz CT molecular complexity index is 339. The number of ether oxygens (including phenoxy) is 2. The topological polar surface area (TPSA) is 73.6 Å². The number of carbonyl (C=O) groups is 1. The minimum atomic E-state index is -0.430. The molecule has 0 saturated heterocycles. The molecule has 0 heterocycles. The summed E-state index contributed by atoms with van der Waals surface area (Å²) >= 11 is 0. The summed E-state index contributed by atoms with van der Waals surface area (Å²) in [5, 5.41) is 2.84. The maximum Gasteiger partial charge on any atom is 0.407 e. The Morgan fingerprint density at radius 1 is 1.05 bits per heavy atom. The van der Waals surface area contributed by atoms with Crippen LogP contribution in [0.5, 0.6) is 0 Å². The van der Waals surface area contributed by atoms with E-state index in [1.165, 1.54) is 0 Å². The Morgan fingerprint density at radius 2 is 1.64 bits per heavy atom. The fourth-order valence-corrected chi connectivity index (χ4v) is 2.21. The predicted octanol–water partition coefficient (Wildman–Crippen LogP) is 3.46. The third kappa shape index (κ3) is 7.45. The summed E-state index contributed by atoms with van der Waals surface area (Å²) in [6, 6.07) is 0. The first-order valence-electron chi connectivity index (χ1n) is 8.26. The second-order valence-electron chi connectivity index (χ2n) is 7.68. The van der Waals surface area contributed by atoms with Crippen molar-refractivity contribution in [2.24, 2.45) is 11.1 Å². The fraction of sp³-hybridized carbons (Fsp3) is 0.941. The molecular weight excluding hydrogens is 280 g/mol. The summed E-state index contributed by atoms with van der Waals surface area (Å²) < 4.78 is 11.1. The van der Waals surface area contributed by atoms with E-state index in [-0.39, 0.29) is 23.2 Å². The van der Waals surface area contributed by atoms with Gasteiger partial charge in [0.2, 0.25) is 0 Å². The van der Waals surface area contributed by atoms with Crippen molar-refractivity contribution in [2.75, 3.05) is 19.8 Å². The van der Waals surface area contributed by atoms with Gasteiger partial charge in [-0.05, 0) is 46.0 Å². The van der Waals surface area contributed by atoms with Crippen LogP contribution in [0, 0.1) is 5.41 Å². The molecule has 0 atom stereocenters. The van der Waals surface area contributed by atoms with Gasteiger partial charge in [0, 0.05) is 18.7 Å². The monoisotopic (exact) mass is 316 g/mol. The molecule has 5 nitrogen and oxygen atoms in total. The summed E-state index contributed by atoms with van der Waals surface area (Å²) in [5.74, 6) is 0.